The first kappa shape index (κ1) is 19.5. The summed E-state index contributed by atoms with van der Waals surface area (Å²) in [5, 5.41) is 0. The molecule has 2 aromatic carbocycles. The van der Waals surface area contributed by atoms with Gasteiger partial charge < -0.3 is 18.9 Å². The lowest BCUT2D eigenvalue weighted by atomic mass is 10.2. The van der Waals surface area contributed by atoms with Gasteiger partial charge >= 0.3 is 5.97 Å². The average Bonchev–Trinajstić information content (AvgIpc) is 3.13. The van der Waals surface area contributed by atoms with Crippen LogP contribution >= 0.6 is 0 Å². The normalized spacial score (nSPS) is 12.3. The van der Waals surface area contributed by atoms with Crippen LogP contribution in [0.15, 0.2) is 41.3 Å². The Labute approximate surface area is 161 Å². The zero-order valence-electron chi connectivity index (χ0n) is 14.8. The number of rotatable bonds is 8. The second kappa shape index (κ2) is 8.17. The van der Waals surface area contributed by atoms with E-state index in [-0.39, 0.29) is 36.2 Å². The van der Waals surface area contributed by atoms with Crippen LogP contribution in [0.4, 0.5) is 5.69 Å². The molecule has 0 unspecified atom stereocenters. The van der Waals surface area contributed by atoms with Crippen molar-refractivity contribution in [1.82, 2.24) is 0 Å². The molecule has 10 heteroatoms. The Morgan fingerprint density at radius 1 is 1.18 bits per heavy atom. The Morgan fingerprint density at radius 3 is 2.50 bits per heavy atom. The number of aldehydes is 1. The van der Waals surface area contributed by atoms with E-state index in [1.54, 1.807) is 6.92 Å². The van der Waals surface area contributed by atoms with Gasteiger partial charge in [-0.05, 0) is 37.3 Å². The van der Waals surface area contributed by atoms with Gasteiger partial charge in [0.05, 0.1) is 17.2 Å². The van der Waals surface area contributed by atoms with Crippen LogP contribution in [0.3, 0.4) is 0 Å². The highest BCUT2D eigenvalue weighted by molar-refractivity contribution is 7.92. The first-order chi connectivity index (χ1) is 13.4. The molecule has 1 aliphatic heterocycles. The predicted octanol–water partition coefficient (Wildman–Crippen LogP) is 1.97. The summed E-state index contributed by atoms with van der Waals surface area (Å²) in [5.41, 5.74) is 0.184. The maximum atomic E-state index is 12.6. The molecule has 1 N–H and O–H groups in total. The van der Waals surface area contributed by atoms with Crippen LogP contribution in [0.25, 0.3) is 0 Å². The van der Waals surface area contributed by atoms with Crippen LogP contribution in [-0.4, -0.2) is 40.7 Å². The van der Waals surface area contributed by atoms with Gasteiger partial charge in [-0.15, -0.1) is 0 Å². The number of ether oxygens (including phenoxy) is 4. The Morgan fingerprint density at radius 2 is 1.86 bits per heavy atom. The molecule has 3 rings (SSSR count). The zero-order valence-corrected chi connectivity index (χ0v) is 15.7. The first-order valence-electron chi connectivity index (χ1n) is 8.23. The highest BCUT2D eigenvalue weighted by Crippen LogP contribution is 2.37. The van der Waals surface area contributed by atoms with Crippen molar-refractivity contribution in [3.8, 4) is 17.2 Å². The molecule has 0 radical (unpaired) electrons. The van der Waals surface area contributed by atoms with Gasteiger partial charge in [-0.1, -0.05) is 0 Å². The number of sulfonamides is 1. The number of hydrogen-bond acceptors (Lipinski definition) is 8. The Balaban J connectivity index is 1.75. The summed E-state index contributed by atoms with van der Waals surface area (Å²) in [7, 11) is -3.97. The second-order valence-electron chi connectivity index (χ2n) is 5.58. The number of benzene rings is 2. The minimum absolute atomic E-state index is 0.00288. The third-order valence-electron chi connectivity index (χ3n) is 3.71. The van der Waals surface area contributed by atoms with Gasteiger partial charge in [0.15, 0.2) is 24.4 Å². The molecular weight excluding hydrogens is 390 g/mol. The summed E-state index contributed by atoms with van der Waals surface area (Å²) < 4.78 is 48.0. The van der Waals surface area contributed by atoms with Crippen LogP contribution < -0.4 is 18.9 Å². The number of carbonyl (C=O) groups excluding carboxylic acids is 2. The van der Waals surface area contributed by atoms with Gasteiger partial charge in [0.25, 0.3) is 10.0 Å². The second-order valence-corrected chi connectivity index (χ2v) is 7.26. The van der Waals surface area contributed by atoms with Gasteiger partial charge in [-0.25, -0.2) is 13.2 Å². The maximum Gasteiger partial charge on any atom is 0.344 e. The van der Waals surface area contributed by atoms with Crippen molar-refractivity contribution in [2.75, 3.05) is 24.7 Å². The molecule has 28 heavy (non-hydrogen) atoms. The average molecular weight is 407 g/mol. The number of esters is 1. The summed E-state index contributed by atoms with van der Waals surface area (Å²) in [5.74, 6) is 0.493. The Kier molecular flexibility index (Phi) is 5.69. The predicted molar refractivity (Wildman–Crippen MR) is 97.3 cm³/mol. The van der Waals surface area contributed by atoms with E-state index in [1.807, 2.05) is 0 Å². The van der Waals surface area contributed by atoms with Crippen LogP contribution in [0, 0.1) is 0 Å². The quantitative estimate of drug-likeness (QED) is 0.521. The topological polar surface area (TPSA) is 117 Å². The minimum Gasteiger partial charge on any atom is -0.482 e. The van der Waals surface area contributed by atoms with E-state index in [0.717, 1.165) is 0 Å². The number of nitrogens with one attached hydrogen (secondary N) is 1. The van der Waals surface area contributed by atoms with E-state index in [4.69, 9.17) is 18.9 Å². The number of carbonyl (C=O) groups is 2. The van der Waals surface area contributed by atoms with Gasteiger partial charge in [-0.3, -0.25) is 9.52 Å². The van der Waals surface area contributed by atoms with Crippen LogP contribution in [-0.2, 0) is 19.6 Å². The SMILES string of the molecule is CCOC(=O)COc1ccc(S(=O)(=O)Nc2cc3c(cc2C=O)OCO3)cc1. The number of hydrogen-bond donors (Lipinski definition) is 1. The Hall–Kier alpha value is -3.27. The molecule has 0 fully saturated rings. The number of fused-ring (bicyclic) bond motifs is 1. The molecule has 1 aliphatic rings. The van der Waals surface area contributed by atoms with Gasteiger partial charge in [-0.2, -0.15) is 0 Å². The molecule has 0 amide bonds. The summed E-state index contributed by atoms with van der Waals surface area (Å²) in [4.78, 5) is 22.5. The smallest absolute Gasteiger partial charge is 0.344 e. The van der Waals surface area contributed by atoms with E-state index in [2.05, 4.69) is 4.72 Å². The van der Waals surface area contributed by atoms with Crippen molar-refractivity contribution >= 4 is 28.0 Å². The zero-order chi connectivity index (χ0) is 20.1. The van der Waals surface area contributed by atoms with Crippen molar-refractivity contribution in [3.05, 3.63) is 42.0 Å². The van der Waals surface area contributed by atoms with E-state index >= 15 is 0 Å². The third kappa shape index (κ3) is 4.34. The molecule has 0 saturated heterocycles. The van der Waals surface area contributed by atoms with E-state index < -0.39 is 16.0 Å². The molecule has 148 valence electrons. The molecule has 0 atom stereocenters. The van der Waals surface area contributed by atoms with Gasteiger partial charge in [0, 0.05) is 11.6 Å². The van der Waals surface area contributed by atoms with Crippen molar-refractivity contribution in [2.45, 2.75) is 11.8 Å². The highest BCUT2D eigenvalue weighted by atomic mass is 32.2. The molecule has 9 nitrogen and oxygen atoms in total. The molecular formula is C18H17NO8S. The van der Waals surface area contributed by atoms with Crippen LogP contribution in [0.2, 0.25) is 0 Å². The fourth-order valence-corrected chi connectivity index (χ4v) is 3.49. The molecule has 1 heterocycles. The molecule has 0 bridgehead atoms. The van der Waals surface area contributed by atoms with Crippen LogP contribution in [0.5, 0.6) is 17.2 Å². The lowest BCUT2D eigenvalue weighted by molar-refractivity contribution is -0.145. The lowest BCUT2D eigenvalue weighted by Crippen LogP contribution is -2.15. The first-order valence-corrected chi connectivity index (χ1v) is 9.71. The van der Waals surface area contributed by atoms with Gasteiger partial charge in [0.1, 0.15) is 5.75 Å². The molecule has 0 aliphatic carbocycles. The molecule has 2 aromatic rings. The van der Waals surface area contributed by atoms with Crippen LogP contribution in [0.1, 0.15) is 17.3 Å². The highest BCUT2D eigenvalue weighted by Gasteiger charge is 2.21. The van der Waals surface area contributed by atoms with E-state index in [0.29, 0.717) is 23.5 Å². The summed E-state index contributed by atoms with van der Waals surface area (Å²) in [6.07, 6.45) is 0.520. The molecule has 0 spiro atoms. The third-order valence-corrected chi connectivity index (χ3v) is 5.09. The maximum absolute atomic E-state index is 12.6. The lowest BCUT2D eigenvalue weighted by Gasteiger charge is -2.12. The summed E-state index contributed by atoms with van der Waals surface area (Å²) >= 11 is 0. The van der Waals surface area contributed by atoms with E-state index in [9.17, 15) is 18.0 Å². The summed E-state index contributed by atoms with van der Waals surface area (Å²) in [6.45, 7) is 1.64. The fourth-order valence-electron chi connectivity index (χ4n) is 2.41. The Bertz CT molecular complexity index is 985. The summed E-state index contributed by atoms with van der Waals surface area (Å²) in [6, 6.07) is 8.24. The van der Waals surface area contributed by atoms with Crippen molar-refractivity contribution in [1.29, 1.82) is 0 Å². The fraction of sp³-hybridized carbons (Fsp3) is 0.222. The largest absolute Gasteiger partial charge is 0.482 e. The number of anilines is 1. The van der Waals surface area contributed by atoms with Crippen molar-refractivity contribution in [2.24, 2.45) is 0 Å². The van der Waals surface area contributed by atoms with E-state index in [1.165, 1.54) is 36.4 Å². The van der Waals surface area contributed by atoms with Crippen molar-refractivity contribution in [3.63, 3.8) is 0 Å². The van der Waals surface area contributed by atoms with Crippen molar-refractivity contribution < 1.29 is 37.0 Å². The standard InChI is InChI=1S/C18H17NO8S/c1-2-24-18(21)10-25-13-3-5-14(6-4-13)28(22,23)19-15-8-17-16(26-11-27-17)7-12(15)9-20/h3-9,19H,2,10-11H2,1H3. The van der Waals surface area contributed by atoms with Gasteiger partial charge in [0.2, 0.25) is 6.79 Å². The molecule has 0 saturated carbocycles. The minimum atomic E-state index is -3.97. The monoisotopic (exact) mass is 407 g/mol. The molecule has 0 aromatic heterocycles.